The molecule has 0 unspecified atom stereocenters. The van der Waals surface area contributed by atoms with E-state index < -0.39 is 5.82 Å². The molecule has 0 spiro atoms. The minimum Gasteiger partial charge on any atom is -0.399 e. The first-order valence-corrected chi connectivity index (χ1v) is 2.78. The summed E-state index contributed by atoms with van der Waals surface area (Å²) < 4.78 is 12.3. The lowest BCUT2D eigenvalue weighted by atomic mass is 10.3. The maximum absolute atomic E-state index is 12.3. The summed E-state index contributed by atoms with van der Waals surface area (Å²) in [5.74, 6) is -0.439. The SMILES string of the molecule is Cl.Nc1ccc(F)c(Cl)c1. The Hall–Kier alpha value is -0.470. The van der Waals surface area contributed by atoms with E-state index >= 15 is 0 Å². The summed E-state index contributed by atoms with van der Waals surface area (Å²) in [5.41, 5.74) is 5.75. The van der Waals surface area contributed by atoms with Crippen LogP contribution in [0.25, 0.3) is 0 Å². The van der Waals surface area contributed by atoms with Gasteiger partial charge in [-0.2, -0.15) is 0 Å². The summed E-state index contributed by atoms with van der Waals surface area (Å²) in [6.07, 6.45) is 0. The quantitative estimate of drug-likeness (QED) is 0.612. The molecule has 0 heterocycles. The summed E-state index contributed by atoms with van der Waals surface area (Å²) in [6.45, 7) is 0. The Labute approximate surface area is 69.4 Å². The molecule has 0 radical (unpaired) electrons. The third kappa shape index (κ3) is 2.05. The van der Waals surface area contributed by atoms with Gasteiger partial charge in [0.25, 0.3) is 0 Å². The smallest absolute Gasteiger partial charge is 0.141 e. The van der Waals surface area contributed by atoms with Crippen LogP contribution in [0, 0.1) is 5.82 Å². The molecule has 0 aliphatic heterocycles. The fourth-order valence-electron chi connectivity index (χ4n) is 0.512. The predicted octanol–water partition coefficient (Wildman–Crippen LogP) is 2.48. The van der Waals surface area contributed by atoms with Crippen molar-refractivity contribution in [2.24, 2.45) is 0 Å². The highest BCUT2D eigenvalue weighted by atomic mass is 35.5. The fraction of sp³-hybridized carbons (Fsp3) is 0. The van der Waals surface area contributed by atoms with Crippen LogP contribution in [-0.2, 0) is 0 Å². The molecule has 0 saturated heterocycles. The van der Waals surface area contributed by atoms with Gasteiger partial charge in [-0.25, -0.2) is 4.39 Å². The first-order chi connectivity index (χ1) is 4.20. The van der Waals surface area contributed by atoms with E-state index in [0.29, 0.717) is 5.69 Å². The summed E-state index contributed by atoms with van der Waals surface area (Å²) in [6, 6.07) is 4.07. The normalized spacial score (nSPS) is 8.60. The van der Waals surface area contributed by atoms with Crippen molar-refractivity contribution in [2.45, 2.75) is 0 Å². The molecule has 0 atom stereocenters. The number of nitrogen functional groups attached to an aromatic ring is 1. The lowest BCUT2D eigenvalue weighted by Crippen LogP contribution is -1.84. The topological polar surface area (TPSA) is 26.0 Å². The van der Waals surface area contributed by atoms with Gasteiger partial charge >= 0.3 is 0 Å². The molecule has 2 N–H and O–H groups in total. The van der Waals surface area contributed by atoms with Crippen molar-refractivity contribution in [3.05, 3.63) is 29.0 Å². The number of rotatable bonds is 0. The fourth-order valence-corrected chi connectivity index (χ4v) is 0.701. The Balaban J connectivity index is 0.000000810. The average Bonchev–Trinajstić information content (AvgIpc) is 1.80. The van der Waals surface area contributed by atoms with Crippen LogP contribution in [0.1, 0.15) is 0 Å². The number of hydrogen-bond donors (Lipinski definition) is 1. The van der Waals surface area contributed by atoms with Crippen LogP contribution in [-0.4, -0.2) is 0 Å². The molecule has 0 amide bonds. The van der Waals surface area contributed by atoms with E-state index in [9.17, 15) is 4.39 Å². The van der Waals surface area contributed by atoms with Gasteiger partial charge in [0, 0.05) is 5.69 Å². The van der Waals surface area contributed by atoms with Crippen molar-refractivity contribution in [3.63, 3.8) is 0 Å². The van der Waals surface area contributed by atoms with E-state index in [-0.39, 0.29) is 17.4 Å². The Morgan fingerprint density at radius 3 is 2.40 bits per heavy atom. The van der Waals surface area contributed by atoms with Gasteiger partial charge in [-0.1, -0.05) is 11.6 Å². The second-order valence-electron chi connectivity index (χ2n) is 1.67. The molecule has 0 fully saturated rings. The molecule has 0 saturated carbocycles. The molecule has 1 aromatic carbocycles. The van der Waals surface area contributed by atoms with E-state index in [2.05, 4.69) is 0 Å². The zero-order valence-electron chi connectivity index (χ0n) is 4.97. The molecular weight excluding hydrogens is 176 g/mol. The number of benzene rings is 1. The van der Waals surface area contributed by atoms with Crippen LogP contribution in [0.4, 0.5) is 10.1 Å². The minimum atomic E-state index is -0.439. The van der Waals surface area contributed by atoms with Crippen LogP contribution in [0.3, 0.4) is 0 Å². The van der Waals surface area contributed by atoms with E-state index in [1.54, 1.807) is 0 Å². The summed E-state index contributed by atoms with van der Waals surface area (Å²) in [5, 5.41) is 0.0648. The molecule has 1 nitrogen and oxygen atoms in total. The molecule has 56 valence electrons. The maximum Gasteiger partial charge on any atom is 0.141 e. The molecule has 0 aliphatic carbocycles. The first kappa shape index (κ1) is 9.53. The first-order valence-electron chi connectivity index (χ1n) is 2.40. The zero-order chi connectivity index (χ0) is 6.85. The molecule has 1 aromatic rings. The van der Waals surface area contributed by atoms with Gasteiger partial charge in [0.2, 0.25) is 0 Å². The zero-order valence-corrected chi connectivity index (χ0v) is 6.55. The Kier molecular flexibility index (Phi) is 3.47. The molecule has 4 heteroatoms. The van der Waals surface area contributed by atoms with Gasteiger partial charge in [0.05, 0.1) is 5.02 Å². The van der Waals surface area contributed by atoms with Gasteiger partial charge in [-0.3, -0.25) is 0 Å². The van der Waals surface area contributed by atoms with E-state index in [1.165, 1.54) is 18.2 Å². The molecule has 0 aromatic heterocycles. The average molecular weight is 182 g/mol. The highest BCUT2D eigenvalue weighted by Gasteiger charge is 1.95. The van der Waals surface area contributed by atoms with E-state index in [4.69, 9.17) is 17.3 Å². The Bertz CT molecular complexity index is 227. The van der Waals surface area contributed by atoms with Crippen molar-refractivity contribution < 1.29 is 4.39 Å². The Morgan fingerprint density at radius 2 is 2.00 bits per heavy atom. The van der Waals surface area contributed by atoms with Gasteiger partial charge in [0.15, 0.2) is 0 Å². The van der Waals surface area contributed by atoms with Gasteiger partial charge in [-0.15, -0.1) is 12.4 Å². The second kappa shape index (κ2) is 3.64. The van der Waals surface area contributed by atoms with Crippen molar-refractivity contribution in [2.75, 3.05) is 5.73 Å². The molecular formula is C6H6Cl2FN. The van der Waals surface area contributed by atoms with Crippen LogP contribution >= 0.6 is 24.0 Å². The third-order valence-electron chi connectivity index (χ3n) is 0.944. The number of halogens is 3. The largest absolute Gasteiger partial charge is 0.399 e. The van der Waals surface area contributed by atoms with Crippen molar-refractivity contribution in [1.82, 2.24) is 0 Å². The minimum absolute atomic E-state index is 0. The van der Waals surface area contributed by atoms with Crippen molar-refractivity contribution >= 4 is 29.7 Å². The van der Waals surface area contributed by atoms with E-state index in [1.807, 2.05) is 0 Å². The van der Waals surface area contributed by atoms with Crippen LogP contribution < -0.4 is 5.73 Å². The highest BCUT2D eigenvalue weighted by Crippen LogP contribution is 2.16. The molecule has 0 bridgehead atoms. The second-order valence-corrected chi connectivity index (χ2v) is 2.08. The van der Waals surface area contributed by atoms with Gasteiger partial charge in [0.1, 0.15) is 5.82 Å². The lowest BCUT2D eigenvalue weighted by Gasteiger charge is -1.93. The summed E-state index contributed by atoms with van der Waals surface area (Å²) in [4.78, 5) is 0. The third-order valence-corrected chi connectivity index (χ3v) is 1.23. The predicted molar refractivity (Wildman–Crippen MR) is 43.1 cm³/mol. The maximum atomic E-state index is 12.3. The number of anilines is 1. The monoisotopic (exact) mass is 181 g/mol. The Morgan fingerprint density at radius 1 is 1.40 bits per heavy atom. The lowest BCUT2D eigenvalue weighted by molar-refractivity contribution is 0.628. The number of nitrogens with two attached hydrogens (primary N) is 1. The summed E-state index contributed by atoms with van der Waals surface area (Å²) in [7, 11) is 0. The van der Waals surface area contributed by atoms with Gasteiger partial charge < -0.3 is 5.73 Å². The standard InChI is InChI=1S/C6H5ClFN.ClH/c7-5-3-4(9)1-2-6(5)8;/h1-3H,9H2;1H. The molecule has 1 rings (SSSR count). The highest BCUT2D eigenvalue weighted by molar-refractivity contribution is 6.31. The van der Waals surface area contributed by atoms with Crippen LogP contribution in [0.2, 0.25) is 5.02 Å². The van der Waals surface area contributed by atoms with Crippen molar-refractivity contribution in [3.8, 4) is 0 Å². The number of hydrogen-bond acceptors (Lipinski definition) is 1. The van der Waals surface area contributed by atoms with Gasteiger partial charge in [-0.05, 0) is 18.2 Å². The van der Waals surface area contributed by atoms with Crippen LogP contribution in [0.5, 0.6) is 0 Å². The summed E-state index contributed by atoms with van der Waals surface area (Å²) >= 11 is 5.36. The van der Waals surface area contributed by atoms with E-state index in [0.717, 1.165) is 0 Å². The molecule has 0 aliphatic rings. The molecule has 10 heavy (non-hydrogen) atoms. The van der Waals surface area contributed by atoms with Crippen molar-refractivity contribution in [1.29, 1.82) is 0 Å². The van der Waals surface area contributed by atoms with Crippen LogP contribution in [0.15, 0.2) is 18.2 Å².